The zero-order valence-corrected chi connectivity index (χ0v) is 11.6. The van der Waals surface area contributed by atoms with E-state index in [9.17, 15) is 14.3 Å². The monoisotopic (exact) mass is 285 g/mol. The summed E-state index contributed by atoms with van der Waals surface area (Å²) < 4.78 is 13.0. The SMILES string of the molecule is CCC1(C(=O)O)CCCN1Cc1ccc(F)cc1Cl. The fourth-order valence-corrected chi connectivity index (χ4v) is 3.04. The quantitative estimate of drug-likeness (QED) is 0.923. The van der Waals surface area contributed by atoms with Crippen molar-refractivity contribution in [1.29, 1.82) is 0 Å². The highest BCUT2D eigenvalue weighted by Crippen LogP contribution is 2.35. The number of aliphatic carboxylic acids is 1. The van der Waals surface area contributed by atoms with Gasteiger partial charge in [-0.15, -0.1) is 0 Å². The zero-order valence-electron chi connectivity index (χ0n) is 10.8. The van der Waals surface area contributed by atoms with Crippen LogP contribution in [0.25, 0.3) is 0 Å². The summed E-state index contributed by atoms with van der Waals surface area (Å²) in [6.07, 6.45) is 2.07. The van der Waals surface area contributed by atoms with Gasteiger partial charge in [-0.2, -0.15) is 0 Å². The lowest BCUT2D eigenvalue weighted by atomic mass is 9.92. The molecule has 1 fully saturated rings. The lowest BCUT2D eigenvalue weighted by Gasteiger charge is -2.34. The van der Waals surface area contributed by atoms with E-state index in [-0.39, 0.29) is 5.82 Å². The maximum absolute atomic E-state index is 13.0. The Morgan fingerprint density at radius 3 is 2.89 bits per heavy atom. The molecule has 1 unspecified atom stereocenters. The van der Waals surface area contributed by atoms with E-state index in [1.54, 1.807) is 6.07 Å². The fourth-order valence-electron chi connectivity index (χ4n) is 2.81. The Morgan fingerprint density at radius 2 is 2.32 bits per heavy atom. The Morgan fingerprint density at radius 1 is 1.58 bits per heavy atom. The molecule has 0 spiro atoms. The summed E-state index contributed by atoms with van der Waals surface area (Å²) in [5, 5.41) is 9.84. The van der Waals surface area contributed by atoms with Gasteiger partial charge >= 0.3 is 5.97 Å². The Balaban J connectivity index is 2.24. The van der Waals surface area contributed by atoms with E-state index < -0.39 is 11.5 Å². The van der Waals surface area contributed by atoms with Gasteiger partial charge < -0.3 is 5.11 Å². The molecule has 1 aliphatic rings. The second-order valence-corrected chi connectivity index (χ2v) is 5.36. The highest BCUT2D eigenvalue weighted by Gasteiger charge is 2.45. The molecule has 0 bridgehead atoms. The van der Waals surface area contributed by atoms with Gasteiger partial charge in [-0.3, -0.25) is 9.69 Å². The van der Waals surface area contributed by atoms with Gasteiger partial charge in [0.2, 0.25) is 0 Å². The average molecular weight is 286 g/mol. The predicted octanol–water partition coefficient (Wildman–Crippen LogP) is 3.31. The lowest BCUT2D eigenvalue weighted by molar-refractivity contribution is -0.150. The number of hydrogen-bond donors (Lipinski definition) is 1. The predicted molar refractivity (Wildman–Crippen MR) is 71.7 cm³/mol. The van der Waals surface area contributed by atoms with E-state index in [0.29, 0.717) is 24.4 Å². The molecule has 0 amide bonds. The van der Waals surface area contributed by atoms with E-state index in [1.165, 1.54) is 12.1 Å². The van der Waals surface area contributed by atoms with Crippen LogP contribution in [-0.4, -0.2) is 28.1 Å². The van der Waals surface area contributed by atoms with Crippen LogP contribution >= 0.6 is 11.6 Å². The number of hydrogen-bond acceptors (Lipinski definition) is 2. The van der Waals surface area contributed by atoms with Crippen molar-refractivity contribution >= 4 is 17.6 Å². The molecule has 1 aromatic rings. The number of carboxylic acid groups (broad SMARTS) is 1. The molecule has 0 saturated carbocycles. The second-order valence-electron chi connectivity index (χ2n) is 4.95. The summed E-state index contributed by atoms with van der Waals surface area (Å²) in [6, 6.07) is 4.24. The van der Waals surface area contributed by atoms with Gasteiger partial charge in [-0.1, -0.05) is 24.6 Å². The minimum Gasteiger partial charge on any atom is -0.480 e. The van der Waals surface area contributed by atoms with E-state index >= 15 is 0 Å². The maximum atomic E-state index is 13.0. The standard InChI is InChI=1S/C14H17ClFNO2/c1-2-14(13(18)19)6-3-7-17(14)9-10-4-5-11(16)8-12(10)15/h4-5,8H,2-3,6-7,9H2,1H3,(H,18,19). The van der Waals surface area contributed by atoms with E-state index in [0.717, 1.165) is 18.5 Å². The summed E-state index contributed by atoms with van der Waals surface area (Å²) >= 11 is 6.01. The van der Waals surface area contributed by atoms with Crippen molar-refractivity contribution in [2.45, 2.75) is 38.3 Å². The van der Waals surface area contributed by atoms with E-state index in [2.05, 4.69) is 0 Å². The fraction of sp³-hybridized carbons (Fsp3) is 0.500. The molecular formula is C14H17ClFNO2. The average Bonchev–Trinajstić information content (AvgIpc) is 2.76. The number of carboxylic acids is 1. The number of rotatable bonds is 4. The van der Waals surface area contributed by atoms with E-state index in [1.807, 2.05) is 11.8 Å². The van der Waals surface area contributed by atoms with Gasteiger partial charge in [-0.25, -0.2) is 4.39 Å². The van der Waals surface area contributed by atoms with Crippen molar-refractivity contribution in [3.05, 3.63) is 34.6 Å². The van der Waals surface area contributed by atoms with Gasteiger partial charge in [0.1, 0.15) is 11.4 Å². The number of benzene rings is 1. The molecule has 1 atom stereocenters. The Labute approximate surface area is 117 Å². The number of halogens is 2. The molecule has 1 saturated heterocycles. The third-order valence-electron chi connectivity index (χ3n) is 3.98. The summed E-state index contributed by atoms with van der Waals surface area (Å²) in [4.78, 5) is 13.5. The van der Waals surface area contributed by atoms with Crippen molar-refractivity contribution < 1.29 is 14.3 Å². The molecule has 1 heterocycles. The molecular weight excluding hydrogens is 269 g/mol. The molecule has 0 radical (unpaired) electrons. The van der Waals surface area contributed by atoms with Crippen LogP contribution in [0.3, 0.4) is 0 Å². The van der Waals surface area contributed by atoms with Crippen LogP contribution in [0.4, 0.5) is 4.39 Å². The molecule has 0 aliphatic carbocycles. The molecule has 5 heteroatoms. The van der Waals surface area contributed by atoms with Crippen LogP contribution in [-0.2, 0) is 11.3 Å². The van der Waals surface area contributed by atoms with Gasteiger partial charge in [-0.05, 0) is 43.5 Å². The molecule has 1 aromatic carbocycles. The maximum Gasteiger partial charge on any atom is 0.324 e. The molecule has 1 aliphatic heterocycles. The topological polar surface area (TPSA) is 40.5 Å². The largest absolute Gasteiger partial charge is 0.480 e. The summed E-state index contributed by atoms with van der Waals surface area (Å²) in [5.74, 6) is -1.17. The van der Waals surface area contributed by atoms with Crippen molar-refractivity contribution in [3.8, 4) is 0 Å². The van der Waals surface area contributed by atoms with Crippen molar-refractivity contribution in [2.24, 2.45) is 0 Å². The number of carbonyl (C=O) groups is 1. The second kappa shape index (κ2) is 5.47. The summed E-state index contributed by atoms with van der Waals surface area (Å²) in [6.45, 7) is 3.06. The van der Waals surface area contributed by atoms with Gasteiger partial charge in [0, 0.05) is 11.6 Å². The first-order valence-electron chi connectivity index (χ1n) is 6.42. The third kappa shape index (κ3) is 2.60. The third-order valence-corrected chi connectivity index (χ3v) is 4.33. The van der Waals surface area contributed by atoms with Crippen molar-refractivity contribution in [2.75, 3.05) is 6.54 Å². The van der Waals surface area contributed by atoms with Crippen LogP contribution in [0.15, 0.2) is 18.2 Å². The first kappa shape index (κ1) is 14.3. The van der Waals surface area contributed by atoms with Crippen molar-refractivity contribution in [3.63, 3.8) is 0 Å². The normalized spacial score (nSPS) is 23.7. The van der Waals surface area contributed by atoms with Crippen LogP contribution in [0.5, 0.6) is 0 Å². The molecule has 0 aromatic heterocycles. The van der Waals surface area contributed by atoms with Gasteiger partial charge in [0.25, 0.3) is 0 Å². The lowest BCUT2D eigenvalue weighted by Crippen LogP contribution is -2.49. The van der Waals surface area contributed by atoms with Gasteiger partial charge in [0.15, 0.2) is 0 Å². The Kier molecular flexibility index (Phi) is 4.11. The molecule has 2 rings (SSSR count). The van der Waals surface area contributed by atoms with Crippen molar-refractivity contribution in [1.82, 2.24) is 4.90 Å². The number of likely N-dealkylation sites (tertiary alicyclic amines) is 1. The minimum absolute atomic E-state index is 0.349. The van der Waals surface area contributed by atoms with E-state index in [4.69, 9.17) is 11.6 Å². The highest BCUT2D eigenvalue weighted by atomic mass is 35.5. The van der Waals surface area contributed by atoms with Gasteiger partial charge in [0.05, 0.1) is 0 Å². The smallest absolute Gasteiger partial charge is 0.324 e. The zero-order chi connectivity index (χ0) is 14.0. The Bertz CT molecular complexity index is 494. The first-order chi connectivity index (χ1) is 8.99. The van der Waals surface area contributed by atoms with Crippen LogP contribution in [0.1, 0.15) is 31.7 Å². The number of nitrogens with zero attached hydrogens (tertiary/aromatic N) is 1. The van der Waals surface area contributed by atoms with Crippen LogP contribution in [0, 0.1) is 5.82 Å². The molecule has 104 valence electrons. The minimum atomic E-state index is -0.808. The molecule has 19 heavy (non-hydrogen) atoms. The highest BCUT2D eigenvalue weighted by molar-refractivity contribution is 6.31. The van der Waals surface area contributed by atoms with Crippen LogP contribution in [0.2, 0.25) is 5.02 Å². The molecule has 1 N–H and O–H groups in total. The first-order valence-corrected chi connectivity index (χ1v) is 6.80. The Hall–Kier alpha value is -1.13. The molecule has 3 nitrogen and oxygen atoms in total. The van der Waals surface area contributed by atoms with Crippen LogP contribution < -0.4 is 0 Å². The summed E-state index contributed by atoms with van der Waals surface area (Å²) in [7, 11) is 0. The summed E-state index contributed by atoms with van der Waals surface area (Å²) in [5.41, 5.74) is -0.0402.